The van der Waals surface area contributed by atoms with Crippen LogP contribution in [0.1, 0.15) is 22.8 Å². The van der Waals surface area contributed by atoms with E-state index in [0.717, 1.165) is 5.56 Å². The van der Waals surface area contributed by atoms with Crippen molar-refractivity contribution in [3.8, 4) is 0 Å². The fourth-order valence-electron chi connectivity index (χ4n) is 1.10. The molecule has 0 amide bonds. The summed E-state index contributed by atoms with van der Waals surface area (Å²) >= 11 is 0. The van der Waals surface area contributed by atoms with E-state index in [4.69, 9.17) is 14.6 Å². The lowest BCUT2D eigenvalue weighted by molar-refractivity contribution is -0.0571. The zero-order valence-electron chi connectivity index (χ0n) is 8.60. The number of carboxylic acids is 1. The molecule has 0 heterocycles. The molecule has 0 saturated heterocycles. The molecule has 0 radical (unpaired) electrons. The summed E-state index contributed by atoms with van der Waals surface area (Å²) in [5.41, 5.74) is 1.10. The van der Waals surface area contributed by atoms with Crippen LogP contribution in [0, 0.1) is 0 Å². The predicted octanol–water partition coefficient (Wildman–Crippen LogP) is 1.90. The Morgan fingerprint density at radius 1 is 1.40 bits per heavy atom. The molecule has 0 aliphatic carbocycles. The SMILES string of the molecule is CCOCOCc1cccc(C(=O)O)c1. The molecule has 82 valence electrons. The van der Waals surface area contributed by atoms with Crippen LogP contribution in [-0.4, -0.2) is 24.5 Å². The van der Waals surface area contributed by atoms with E-state index >= 15 is 0 Å². The molecular weight excluding hydrogens is 196 g/mol. The molecule has 1 rings (SSSR count). The van der Waals surface area contributed by atoms with Gasteiger partial charge in [-0.1, -0.05) is 12.1 Å². The van der Waals surface area contributed by atoms with E-state index in [9.17, 15) is 4.79 Å². The maximum absolute atomic E-state index is 10.7. The van der Waals surface area contributed by atoms with Crippen molar-refractivity contribution in [3.05, 3.63) is 35.4 Å². The van der Waals surface area contributed by atoms with Crippen LogP contribution in [-0.2, 0) is 16.1 Å². The zero-order valence-corrected chi connectivity index (χ0v) is 8.60. The Morgan fingerprint density at radius 3 is 2.87 bits per heavy atom. The summed E-state index contributed by atoms with van der Waals surface area (Å²) in [6.07, 6.45) is 0. The molecule has 15 heavy (non-hydrogen) atoms. The number of hydrogen-bond acceptors (Lipinski definition) is 3. The Morgan fingerprint density at radius 2 is 2.20 bits per heavy atom. The third-order valence-electron chi connectivity index (χ3n) is 1.81. The minimum Gasteiger partial charge on any atom is -0.478 e. The van der Waals surface area contributed by atoms with Crippen molar-refractivity contribution in [2.75, 3.05) is 13.4 Å². The monoisotopic (exact) mass is 210 g/mol. The Bertz CT molecular complexity index is 322. The summed E-state index contributed by atoms with van der Waals surface area (Å²) in [6, 6.07) is 6.66. The van der Waals surface area contributed by atoms with Crippen LogP contribution in [0.3, 0.4) is 0 Å². The average Bonchev–Trinajstić information content (AvgIpc) is 2.25. The smallest absolute Gasteiger partial charge is 0.335 e. The molecule has 0 fully saturated rings. The lowest BCUT2D eigenvalue weighted by Crippen LogP contribution is -2.01. The highest BCUT2D eigenvalue weighted by Crippen LogP contribution is 2.06. The lowest BCUT2D eigenvalue weighted by atomic mass is 10.1. The number of benzene rings is 1. The van der Waals surface area contributed by atoms with Crippen molar-refractivity contribution < 1.29 is 19.4 Å². The first-order chi connectivity index (χ1) is 7.24. The van der Waals surface area contributed by atoms with Crippen LogP contribution in [0.15, 0.2) is 24.3 Å². The summed E-state index contributed by atoms with van der Waals surface area (Å²) in [4.78, 5) is 10.7. The van der Waals surface area contributed by atoms with Gasteiger partial charge in [0.05, 0.1) is 12.2 Å². The third kappa shape index (κ3) is 4.10. The van der Waals surface area contributed by atoms with E-state index in [-0.39, 0.29) is 12.4 Å². The second kappa shape index (κ2) is 6.16. The molecule has 1 N–H and O–H groups in total. The van der Waals surface area contributed by atoms with Gasteiger partial charge in [0.15, 0.2) is 0 Å². The van der Waals surface area contributed by atoms with E-state index in [0.29, 0.717) is 13.2 Å². The first-order valence-corrected chi connectivity index (χ1v) is 4.71. The molecule has 0 atom stereocenters. The van der Waals surface area contributed by atoms with Crippen LogP contribution >= 0.6 is 0 Å². The van der Waals surface area contributed by atoms with Crippen LogP contribution in [0.5, 0.6) is 0 Å². The largest absolute Gasteiger partial charge is 0.478 e. The molecule has 1 aromatic rings. The van der Waals surface area contributed by atoms with Crippen LogP contribution < -0.4 is 0 Å². The van der Waals surface area contributed by atoms with Crippen molar-refractivity contribution in [2.45, 2.75) is 13.5 Å². The van der Waals surface area contributed by atoms with Gasteiger partial charge in [-0.2, -0.15) is 0 Å². The Balaban J connectivity index is 2.47. The third-order valence-corrected chi connectivity index (χ3v) is 1.81. The predicted molar refractivity (Wildman–Crippen MR) is 54.7 cm³/mol. The molecule has 0 aliphatic rings. The van der Waals surface area contributed by atoms with Crippen molar-refractivity contribution >= 4 is 5.97 Å². The molecule has 0 saturated carbocycles. The summed E-state index contributed by atoms with van der Waals surface area (Å²) in [7, 11) is 0. The Hall–Kier alpha value is -1.39. The number of aromatic carboxylic acids is 1. The second-order valence-electron chi connectivity index (χ2n) is 2.96. The standard InChI is InChI=1S/C11H14O4/c1-2-14-8-15-7-9-4-3-5-10(6-9)11(12)13/h3-6H,2,7-8H2,1H3,(H,12,13). The topological polar surface area (TPSA) is 55.8 Å². The highest BCUT2D eigenvalue weighted by molar-refractivity contribution is 5.87. The van der Waals surface area contributed by atoms with Crippen molar-refractivity contribution in [1.82, 2.24) is 0 Å². The molecule has 4 heteroatoms. The first-order valence-electron chi connectivity index (χ1n) is 4.71. The van der Waals surface area contributed by atoms with Gasteiger partial charge < -0.3 is 14.6 Å². The van der Waals surface area contributed by atoms with Gasteiger partial charge in [0.1, 0.15) is 6.79 Å². The first kappa shape index (κ1) is 11.7. The number of rotatable bonds is 6. The Labute approximate surface area is 88.4 Å². The highest BCUT2D eigenvalue weighted by Gasteiger charge is 2.02. The van der Waals surface area contributed by atoms with Gasteiger partial charge in [0.2, 0.25) is 0 Å². The molecule has 4 nitrogen and oxygen atoms in total. The van der Waals surface area contributed by atoms with E-state index < -0.39 is 5.97 Å². The molecular formula is C11H14O4. The summed E-state index contributed by atoms with van der Waals surface area (Å²) < 4.78 is 10.2. The molecule has 0 bridgehead atoms. The minimum absolute atomic E-state index is 0.230. The molecule has 0 aliphatic heterocycles. The fraction of sp³-hybridized carbons (Fsp3) is 0.364. The summed E-state index contributed by atoms with van der Waals surface area (Å²) in [6.45, 7) is 3.08. The number of ether oxygens (including phenoxy) is 2. The van der Waals surface area contributed by atoms with Crippen molar-refractivity contribution in [2.24, 2.45) is 0 Å². The quantitative estimate of drug-likeness (QED) is 0.575. The van der Waals surface area contributed by atoms with Crippen molar-refractivity contribution in [3.63, 3.8) is 0 Å². The van der Waals surface area contributed by atoms with Gasteiger partial charge in [-0.25, -0.2) is 4.79 Å². The van der Waals surface area contributed by atoms with E-state index in [1.165, 1.54) is 0 Å². The molecule has 0 spiro atoms. The van der Waals surface area contributed by atoms with E-state index in [1.54, 1.807) is 18.2 Å². The van der Waals surface area contributed by atoms with Gasteiger partial charge in [-0.15, -0.1) is 0 Å². The zero-order chi connectivity index (χ0) is 11.1. The second-order valence-corrected chi connectivity index (χ2v) is 2.96. The van der Waals surface area contributed by atoms with Crippen LogP contribution in [0.2, 0.25) is 0 Å². The van der Waals surface area contributed by atoms with Crippen molar-refractivity contribution in [1.29, 1.82) is 0 Å². The maximum Gasteiger partial charge on any atom is 0.335 e. The van der Waals surface area contributed by atoms with E-state index in [1.807, 2.05) is 13.0 Å². The summed E-state index contributed by atoms with van der Waals surface area (Å²) in [5, 5.41) is 8.75. The number of carbonyl (C=O) groups is 1. The van der Waals surface area contributed by atoms with Crippen LogP contribution in [0.4, 0.5) is 0 Å². The normalized spacial score (nSPS) is 10.2. The van der Waals surface area contributed by atoms with Gasteiger partial charge in [-0.05, 0) is 24.6 Å². The average molecular weight is 210 g/mol. The summed E-state index contributed by atoms with van der Waals surface area (Å²) in [5.74, 6) is -0.929. The van der Waals surface area contributed by atoms with Gasteiger partial charge in [0.25, 0.3) is 0 Å². The lowest BCUT2D eigenvalue weighted by Gasteiger charge is -2.04. The fourth-order valence-corrected chi connectivity index (χ4v) is 1.10. The molecule has 0 unspecified atom stereocenters. The van der Waals surface area contributed by atoms with Gasteiger partial charge >= 0.3 is 5.97 Å². The molecule has 1 aromatic carbocycles. The highest BCUT2D eigenvalue weighted by atomic mass is 16.7. The number of hydrogen-bond donors (Lipinski definition) is 1. The maximum atomic E-state index is 10.7. The van der Waals surface area contributed by atoms with E-state index in [2.05, 4.69) is 0 Å². The van der Waals surface area contributed by atoms with Gasteiger partial charge in [-0.3, -0.25) is 0 Å². The van der Waals surface area contributed by atoms with Gasteiger partial charge in [0, 0.05) is 6.61 Å². The molecule has 0 aromatic heterocycles. The Kier molecular flexibility index (Phi) is 4.80. The number of carboxylic acid groups (broad SMARTS) is 1. The van der Waals surface area contributed by atoms with Crippen LogP contribution in [0.25, 0.3) is 0 Å². The minimum atomic E-state index is -0.929.